The van der Waals surface area contributed by atoms with E-state index in [-0.39, 0.29) is 0 Å². The molecule has 0 aliphatic rings. The molecule has 2 aromatic carbocycles. The average molecular weight is 296 g/mol. The summed E-state index contributed by atoms with van der Waals surface area (Å²) in [5, 5.41) is 12.2. The molecule has 108 valence electrons. The zero-order valence-corrected chi connectivity index (χ0v) is 11.3. The van der Waals surface area contributed by atoms with E-state index in [1.807, 2.05) is 18.2 Å². The minimum atomic E-state index is -0.941. The summed E-state index contributed by atoms with van der Waals surface area (Å²) in [5.41, 5.74) is 1.85. The van der Waals surface area contributed by atoms with Crippen LogP contribution in [0.25, 0.3) is 10.9 Å². The van der Waals surface area contributed by atoms with Crippen molar-refractivity contribution in [2.45, 2.75) is 6.54 Å². The van der Waals surface area contributed by atoms with Gasteiger partial charge >= 0.3 is 0 Å². The highest BCUT2D eigenvalue weighted by Crippen LogP contribution is 2.22. The largest absolute Gasteiger partial charge is 0.365 e. The van der Waals surface area contributed by atoms with Gasteiger partial charge in [0.25, 0.3) is 0 Å². The molecule has 0 aliphatic heterocycles. The molecular weight excluding hydrogens is 286 g/mol. The van der Waals surface area contributed by atoms with Gasteiger partial charge in [-0.05, 0) is 23.8 Å². The first-order chi connectivity index (χ1) is 10.7. The zero-order valence-electron chi connectivity index (χ0n) is 11.3. The number of halogens is 2. The molecule has 4 nitrogen and oxygen atoms in total. The maximum Gasteiger partial charge on any atom is 0.161 e. The second kappa shape index (κ2) is 5.74. The summed E-state index contributed by atoms with van der Waals surface area (Å²) in [7, 11) is 0. The molecule has 0 saturated carbocycles. The van der Waals surface area contributed by atoms with Crippen molar-refractivity contribution in [2.75, 3.05) is 5.32 Å². The van der Waals surface area contributed by atoms with Gasteiger partial charge in [-0.25, -0.2) is 18.7 Å². The van der Waals surface area contributed by atoms with Gasteiger partial charge in [-0.2, -0.15) is 5.26 Å². The van der Waals surface area contributed by atoms with Gasteiger partial charge in [0.1, 0.15) is 12.1 Å². The molecule has 0 unspecified atom stereocenters. The Morgan fingerprint density at radius 3 is 2.50 bits per heavy atom. The van der Waals surface area contributed by atoms with Crippen LogP contribution in [0.1, 0.15) is 11.1 Å². The standard InChI is InChI=1S/C16H10F2N4/c17-13-5-12-15(6-14(13)18)21-9-22-16(12)20-8-11-3-1-10(7-19)2-4-11/h1-6,9H,8H2,(H,20,21,22). The number of hydrogen-bond donors (Lipinski definition) is 1. The first kappa shape index (κ1) is 13.9. The van der Waals surface area contributed by atoms with Crippen LogP contribution in [-0.2, 0) is 6.54 Å². The van der Waals surface area contributed by atoms with Crippen molar-refractivity contribution >= 4 is 16.7 Å². The van der Waals surface area contributed by atoms with Crippen LogP contribution in [-0.4, -0.2) is 9.97 Å². The molecule has 0 fully saturated rings. The third-order valence-corrected chi connectivity index (χ3v) is 3.22. The highest BCUT2D eigenvalue weighted by atomic mass is 19.2. The summed E-state index contributed by atoms with van der Waals surface area (Å²) >= 11 is 0. The third-order valence-electron chi connectivity index (χ3n) is 3.22. The van der Waals surface area contributed by atoms with E-state index in [0.717, 1.165) is 17.7 Å². The SMILES string of the molecule is N#Cc1ccc(CNc2ncnc3cc(F)c(F)cc23)cc1. The van der Waals surface area contributed by atoms with E-state index in [0.29, 0.717) is 28.8 Å². The maximum absolute atomic E-state index is 13.4. The van der Waals surface area contributed by atoms with Crippen LogP contribution in [0.4, 0.5) is 14.6 Å². The van der Waals surface area contributed by atoms with Gasteiger partial charge in [0.2, 0.25) is 0 Å². The van der Waals surface area contributed by atoms with Gasteiger partial charge in [-0.15, -0.1) is 0 Å². The summed E-state index contributed by atoms with van der Waals surface area (Å²) in [6, 6.07) is 11.2. The average Bonchev–Trinajstić information content (AvgIpc) is 2.54. The topological polar surface area (TPSA) is 61.6 Å². The number of aromatic nitrogens is 2. The van der Waals surface area contributed by atoms with Gasteiger partial charge in [0.05, 0.1) is 17.1 Å². The molecule has 0 amide bonds. The minimum Gasteiger partial charge on any atom is -0.365 e. The Balaban J connectivity index is 1.87. The monoisotopic (exact) mass is 296 g/mol. The van der Waals surface area contributed by atoms with Crippen molar-refractivity contribution in [1.29, 1.82) is 5.26 Å². The van der Waals surface area contributed by atoms with Gasteiger partial charge in [0, 0.05) is 18.0 Å². The lowest BCUT2D eigenvalue weighted by Crippen LogP contribution is -2.03. The Hall–Kier alpha value is -3.07. The Morgan fingerprint density at radius 1 is 1.05 bits per heavy atom. The summed E-state index contributed by atoms with van der Waals surface area (Å²) in [4.78, 5) is 7.99. The predicted octanol–water partition coefficient (Wildman–Crippen LogP) is 3.39. The lowest BCUT2D eigenvalue weighted by atomic mass is 10.1. The highest BCUT2D eigenvalue weighted by molar-refractivity contribution is 5.88. The first-order valence-corrected chi connectivity index (χ1v) is 6.50. The van der Waals surface area contributed by atoms with Crippen LogP contribution in [0.2, 0.25) is 0 Å². The highest BCUT2D eigenvalue weighted by Gasteiger charge is 2.09. The molecule has 0 radical (unpaired) electrons. The molecule has 22 heavy (non-hydrogen) atoms. The van der Waals surface area contributed by atoms with Crippen molar-refractivity contribution in [3.8, 4) is 6.07 Å². The number of nitriles is 1. The molecule has 1 aromatic heterocycles. The van der Waals surface area contributed by atoms with Crippen LogP contribution in [0.5, 0.6) is 0 Å². The van der Waals surface area contributed by atoms with Gasteiger partial charge in [0.15, 0.2) is 11.6 Å². The molecule has 0 atom stereocenters. The summed E-state index contributed by atoms with van der Waals surface area (Å²) in [6.45, 7) is 0.441. The molecule has 6 heteroatoms. The lowest BCUT2D eigenvalue weighted by molar-refractivity contribution is 0.510. The molecule has 1 N–H and O–H groups in total. The van der Waals surface area contributed by atoms with Gasteiger partial charge in [-0.1, -0.05) is 12.1 Å². The molecule has 0 bridgehead atoms. The van der Waals surface area contributed by atoms with E-state index in [4.69, 9.17) is 5.26 Å². The fourth-order valence-corrected chi connectivity index (χ4v) is 2.07. The first-order valence-electron chi connectivity index (χ1n) is 6.50. The Labute approximate surface area is 125 Å². The van der Waals surface area contributed by atoms with E-state index in [1.54, 1.807) is 12.1 Å². The van der Waals surface area contributed by atoms with Crippen LogP contribution < -0.4 is 5.32 Å². The van der Waals surface area contributed by atoms with E-state index < -0.39 is 11.6 Å². The molecule has 0 spiro atoms. The number of nitrogens with one attached hydrogen (secondary N) is 1. The molecule has 3 rings (SSSR count). The van der Waals surface area contributed by atoms with Crippen LogP contribution in [0.15, 0.2) is 42.7 Å². The summed E-state index contributed by atoms with van der Waals surface area (Å²) < 4.78 is 26.6. The van der Waals surface area contributed by atoms with Crippen molar-refractivity contribution in [3.05, 3.63) is 65.5 Å². The van der Waals surface area contributed by atoms with Crippen molar-refractivity contribution in [2.24, 2.45) is 0 Å². The summed E-state index contributed by atoms with van der Waals surface area (Å²) in [5.74, 6) is -1.46. The van der Waals surface area contributed by atoms with E-state index in [1.165, 1.54) is 6.33 Å². The number of anilines is 1. The molecule has 3 aromatic rings. The Kier molecular flexibility index (Phi) is 3.62. The number of benzene rings is 2. The minimum absolute atomic E-state index is 0.330. The van der Waals surface area contributed by atoms with E-state index in [2.05, 4.69) is 15.3 Å². The summed E-state index contributed by atoms with van der Waals surface area (Å²) in [6.07, 6.45) is 1.29. The van der Waals surface area contributed by atoms with Crippen molar-refractivity contribution in [1.82, 2.24) is 9.97 Å². The lowest BCUT2D eigenvalue weighted by Gasteiger charge is -2.08. The normalized spacial score (nSPS) is 10.4. The maximum atomic E-state index is 13.4. The number of fused-ring (bicyclic) bond motifs is 1. The van der Waals surface area contributed by atoms with E-state index in [9.17, 15) is 8.78 Å². The van der Waals surface area contributed by atoms with Crippen LogP contribution in [0.3, 0.4) is 0 Å². The number of rotatable bonds is 3. The zero-order chi connectivity index (χ0) is 15.5. The Bertz CT molecular complexity index is 870. The molecule has 0 saturated heterocycles. The van der Waals surface area contributed by atoms with Gasteiger partial charge < -0.3 is 5.32 Å². The predicted molar refractivity (Wildman–Crippen MR) is 77.9 cm³/mol. The molecule has 0 aliphatic carbocycles. The Morgan fingerprint density at radius 2 is 1.77 bits per heavy atom. The second-order valence-electron chi connectivity index (χ2n) is 4.67. The smallest absolute Gasteiger partial charge is 0.161 e. The van der Waals surface area contributed by atoms with E-state index >= 15 is 0 Å². The van der Waals surface area contributed by atoms with Crippen LogP contribution >= 0.6 is 0 Å². The molecular formula is C16H10F2N4. The fraction of sp³-hybridized carbons (Fsp3) is 0.0625. The second-order valence-corrected chi connectivity index (χ2v) is 4.67. The molecule has 1 heterocycles. The van der Waals surface area contributed by atoms with Gasteiger partial charge in [-0.3, -0.25) is 0 Å². The fourth-order valence-electron chi connectivity index (χ4n) is 2.07. The van der Waals surface area contributed by atoms with Crippen LogP contribution in [0, 0.1) is 23.0 Å². The van der Waals surface area contributed by atoms with Crippen molar-refractivity contribution < 1.29 is 8.78 Å². The third kappa shape index (κ3) is 2.69. The van der Waals surface area contributed by atoms with Crippen molar-refractivity contribution in [3.63, 3.8) is 0 Å². The number of nitrogens with zero attached hydrogens (tertiary/aromatic N) is 3. The quantitative estimate of drug-likeness (QED) is 0.804. The number of hydrogen-bond acceptors (Lipinski definition) is 4.